The van der Waals surface area contributed by atoms with Gasteiger partial charge in [-0.3, -0.25) is 0 Å². The molecule has 0 saturated carbocycles. The minimum Gasteiger partial charge on any atom is -0.306 e. The maximum absolute atomic E-state index is 3.82. The predicted molar refractivity (Wildman–Crippen MR) is 86.0 cm³/mol. The first kappa shape index (κ1) is 13.6. The Morgan fingerprint density at radius 3 is 2.80 bits per heavy atom. The van der Waals surface area contributed by atoms with Crippen molar-refractivity contribution in [3.63, 3.8) is 0 Å². The summed E-state index contributed by atoms with van der Waals surface area (Å²) in [5.41, 5.74) is 1.41. The van der Waals surface area contributed by atoms with Crippen molar-refractivity contribution >= 4 is 10.8 Å². The topological polar surface area (TPSA) is 15.3 Å². The number of nitrogens with one attached hydrogen (secondary N) is 1. The lowest BCUT2D eigenvalue weighted by Crippen LogP contribution is -2.44. The number of nitrogens with zero attached hydrogens (tertiary/aromatic N) is 1. The average molecular weight is 268 g/mol. The highest BCUT2D eigenvalue weighted by atomic mass is 15.1. The molecule has 2 heteroatoms. The molecule has 1 fully saturated rings. The lowest BCUT2D eigenvalue weighted by molar-refractivity contribution is 0.219. The second kappa shape index (κ2) is 5.94. The standard InChI is InChI=1S/C18H24N2/c1-14(19-16-9-6-12-20(2)13-16)17-11-5-8-15-7-3-4-10-18(15)17/h3-5,7-8,10-11,14,16,19H,6,9,12-13H2,1-2H3. The summed E-state index contributed by atoms with van der Waals surface area (Å²) in [5.74, 6) is 0. The Hall–Kier alpha value is -1.38. The molecule has 2 aromatic rings. The smallest absolute Gasteiger partial charge is 0.0301 e. The highest BCUT2D eigenvalue weighted by Crippen LogP contribution is 2.25. The third kappa shape index (κ3) is 2.87. The zero-order chi connectivity index (χ0) is 13.9. The van der Waals surface area contributed by atoms with Crippen LogP contribution in [-0.4, -0.2) is 31.1 Å². The maximum Gasteiger partial charge on any atom is 0.0301 e. The average Bonchev–Trinajstić information content (AvgIpc) is 2.46. The Morgan fingerprint density at radius 2 is 1.95 bits per heavy atom. The Kier molecular flexibility index (Phi) is 4.04. The van der Waals surface area contributed by atoms with Crippen molar-refractivity contribution in [1.82, 2.24) is 10.2 Å². The number of hydrogen-bond donors (Lipinski definition) is 1. The summed E-state index contributed by atoms with van der Waals surface area (Å²) in [7, 11) is 2.22. The second-order valence-corrected chi connectivity index (χ2v) is 6.06. The number of hydrogen-bond acceptors (Lipinski definition) is 2. The van der Waals surface area contributed by atoms with Crippen LogP contribution in [-0.2, 0) is 0 Å². The van der Waals surface area contributed by atoms with Crippen LogP contribution in [0.25, 0.3) is 10.8 Å². The van der Waals surface area contributed by atoms with Gasteiger partial charge in [0.15, 0.2) is 0 Å². The van der Waals surface area contributed by atoms with Crippen LogP contribution in [0.5, 0.6) is 0 Å². The molecule has 1 N–H and O–H groups in total. The van der Waals surface area contributed by atoms with E-state index in [0.717, 1.165) is 6.54 Å². The lowest BCUT2D eigenvalue weighted by atomic mass is 9.98. The molecule has 0 aliphatic carbocycles. The summed E-state index contributed by atoms with van der Waals surface area (Å²) in [6.45, 7) is 4.69. The Balaban J connectivity index is 1.80. The van der Waals surface area contributed by atoms with Gasteiger partial charge in [0.05, 0.1) is 0 Å². The number of fused-ring (bicyclic) bond motifs is 1. The first-order chi connectivity index (χ1) is 9.74. The Morgan fingerprint density at radius 1 is 1.15 bits per heavy atom. The molecule has 0 radical (unpaired) electrons. The molecule has 1 aliphatic heterocycles. The van der Waals surface area contributed by atoms with Crippen LogP contribution in [0.1, 0.15) is 31.4 Å². The molecule has 1 aliphatic rings. The fourth-order valence-electron chi connectivity index (χ4n) is 3.37. The SMILES string of the molecule is CC(NC1CCCN(C)C1)c1cccc2ccccc12. The van der Waals surface area contributed by atoms with Crippen molar-refractivity contribution in [3.05, 3.63) is 48.0 Å². The number of likely N-dealkylation sites (tertiary alicyclic amines) is 1. The van der Waals surface area contributed by atoms with Crippen LogP contribution < -0.4 is 5.32 Å². The van der Waals surface area contributed by atoms with Crippen molar-refractivity contribution in [3.8, 4) is 0 Å². The van der Waals surface area contributed by atoms with E-state index in [1.165, 1.54) is 35.7 Å². The van der Waals surface area contributed by atoms with Crippen LogP contribution in [0.2, 0.25) is 0 Å². The number of likely N-dealkylation sites (N-methyl/N-ethyl adjacent to an activating group) is 1. The fraction of sp³-hybridized carbons (Fsp3) is 0.444. The molecular formula is C18H24N2. The van der Waals surface area contributed by atoms with Gasteiger partial charge in [-0.05, 0) is 49.7 Å². The number of piperidine rings is 1. The summed E-state index contributed by atoms with van der Waals surface area (Å²) in [6.07, 6.45) is 2.59. The summed E-state index contributed by atoms with van der Waals surface area (Å²) in [5, 5.41) is 6.52. The molecular weight excluding hydrogens is 244 g/mol. The van der Waals surface area contributed by atoms with Gasteiger partial charge in [0.1, 0.15) is 0 Å². The minimum absolute atomic E-state index is 0.401. The largest absolute Gasteiger partial charge is 0.306 e. The van der Waals surface area contributed by atoms with E-state index >= 15 is 0 Å². The highest BCUT2D eigenvalue weighted by molar-refractivity contribution is 5.86. The van der Waals surface area contributed by atoms with Gasteiger partial charge in [-0.2, -0.15) is 0 Å². The molecule has 2 nitrogen and oxygen atoms in total. The predicted octanol–water partition coefficient (Wildman–Crippen LogP) is 3.58. The van der Waals surface area contributed by atoms with E-state index in [-0.39, 0.29) is 0 Å². The van der Waals surface area contributed by atoms with Crippen LogP contribution in [0.15, 0.2) is 42.5 Å². The van der Waals surface area contributed by atoms with Crippen LogP contribution in [0.4, 0.5) is 0 Å². The van der Waals surface area contributed by atoms with E-state index in [1.807, 2.05) is 0 Å². The summed E-state index contributed by atoms with van der Waals surface area (Å²) >= 11 is 0. The Bertz CT molecular complexity index is 573. The molecule has 0 spiro atoms. The monoisotopic (exact) mass is 268 g/mol. The zero-order valence-corrected chi connectivity index (χ0v) is 12.5. The molecule has 20 heavy (non-hydrogen) atoms. The van der Waals surface area contributed by atoms with Crippen molar-refractivity contribution in [2.24, 2.45) is 0 Å². The van der Waals surface area contributed by atoms with Gasteiger partial charge in [0.2, 0.25) is 0 Å². The molecule has 2 unspecified atom stereocenters. The normalized spacial score (nSPS) is 22.0. The molecule has 0 aromatic heterocycles. The van der Waals surface area contributed by atoms with Crippen molar-refractivity contribution in [1.29, 1.82) is 0 Å². The van der Waals surface area contributed by atoms with Gasteiger partial charge in [0.25, 0.3) is 0 Å². The Labute approximate surface area is 121 Å². The third-order valence-corrected chi connectivity index (χ3v) is 4.40. The summed E-state index contributed by atoms with van der Waals surface area (Å²) in [4.78, 5) is 2.43. The fourth-order valence-corrected chi connectivity index (χ4v) is 3.37. The minimum atomic E-state index is 0.401. The molecule has 3 rings (SSSR count). The molecule has 1 heterocycles. The molecule has 2 aromatic carbocycles. The van der Waals surface area contributed by atoms with Crippen molar-refractivity contribution in [2.75, 3.05) is 20.1 Å². The zero-order valence-electron chi connectivity index (χ0n) is 12.5. The van der Waals surface area contributed by atoms with Gasteiger partial charge >= 0.3 is 0 Å². The second-order valence-electron chi connectivity index (χ2n) is 6.06. The van der Waals surface area contributed by atoms with Crippen LogP contribution in [0.3, 0.4) is 0 Å². The number of rotatable bonds is 3. The lowest BCUT2D eigenvalue weighted by Gasteiger charge is -2.32. The van der Waals surface area contributed by atoms with Gasteiger partial charge in [-0.1, -0.05) is 42.5 Å². The quantitative estimate of drug-likeness (QED) is 0.915. The van der Waals surface area contributed by atoms with E-state index in [9.17, 15) is 0 Å². The van der Waals surface area contributed by atoms with Gasteiger partial charge < -0.3 is 10.2 Å². The van der Waals surface area contributed by atoms with Gasteiger partial charge in [-0.15, -0.1) is 0 Å². The van der Waals surface area contributed by atoms with Crippen LogP contribution >= 0.6 is 0 Å². The van der Waals surface area contributed by atoms with E-state index in [0.29, 0.717) is 12.1 Å². The molecule has 106 valence electrons. The van der Waals surface area contributed by atoms with Crippen molar-refractivity contribution in [2.45, 2.75) is 31.8 Å². The van der Waals surface area contributed by atoms with Crippen LogP contribution in [0, 0.1) is 0 Å². The number of benzene rings is 2. The molecule has 1 saturated heterocycles. The van der Waals surface area contributed by atoms with E-state index in [1.54, 1.807) is 0 Å². The molecule has 0 amide bonds. The molecule has 2 atom stereocenters. The highest BCUT2D eigenvalue weighted by Gasteiger charge is 2.19. The first-order valence-electron chi connectivity index (χ1n) is 7.66. The molecule has 0 bridgehead atoms. The third-order valence-electron chi connectivity index (χ3n) is 4.40. The maximum atomic E-state index is 3.82. The van der Waals surface area contributed by atoms with Gasteiger partial charge in [-0.25, -0.2) is 0 Å². The summed E-state index contributed by atoms with van der Waals surface area (Å²) < 4.78 is 0. The van der Waals surface area contributed by atoms with Crippen molar-refractivity contribution < 1.29 is 0 Å². The van der Waals surface area contributed by atoms with E-state index in [4.69, 9.17) is 0 Å². The summed E-state index contributed by atoms with van der Waals surface area (Å²) in [6, 6.07) is 16.3. The first-order valence-corrected chi connectivity index (χ1v) is 7.66. The van der Waals surface area contributed by atoms with E-state index in [2.05, 4.69) is 66.7 Å². The van der Waals surface area contributed by atoms with Gasteiger partial charge in [0, 0.05) is 18.6 Å². The van der Waals surface area contributed by atoms with E-state index < -0.39 is 0 Å².